The van der Waals surface area contributed by atoms with Gasteiger partial charge in [-0.1, -0.05) is 18.2 Å². The number of hydrogen-bond acceptors (Lipinski definition) is 6. The molecule has 0 radical (unpaired) electrons. The molecular formula is C24H18N4O4. The molecule has 32 heavy (non-hydrogen) atoms. The van der Waals surface area contributed by atoms with Crippen LogP contribution in [0.4, 0.5) is 11.4 Å². The highest BCUT2D eigenvalue weighted by molar-refractivity contribution is 6.04. The van der Waals surface area contributed by atoms with E-state index in [4.69, 9.17) is 4.74 Å². The average molecular weight is 426 g/mol. The maximum atomic E-state index is 12.7. The number of carbonyl (C=O) groups is 1. The Morgan fingerprint density at radius 1 is 1.06 bits per heavy atom. The van der Waals surface area contributed by atoms with Crippen molar-refractivity contribution in [2.45, 2.75) is 19.3 Å². The molecule has 0 bridgehead atoms. The van der Waals surface area contributed by atoms with Crippen LogP contribution in [-0.4, -0.2) is 10.8 Å². The van der Waals surface area contributed by atoms with Gasteiger partial charge in [0.05, 0.1) is 16.4 Å². The van der Waals surface area contributed by atoms with E-state index in [2.05, 4.69) is 11.4 Å². The molecule has 0 aliphatic rings. The van der Waals surface area contributed by atoms with Crippen LogP contribution in [0.25, 0.3) is 0 Å². The summed E-state index contributed by atoms with van der Waals surface area (Å²) in [7, 11) is 0. The van der Waals surface area contributed by atoms with Crippen molar-refractivity contribution in [2.75, 3.05) is 5.32 Å². The van der Waals surface area contributed by atoms with Crippen LogP contribution in [0.1, 0.15) is 35.3 Å². The molecule has 0 aliphatic heterocycles. The maximum Gasteiger partial charge on any atom is 0.271 e. The summed E-state index contributed by atoms with van der Waals surface area (Å²) >= 11 is 0. The molecule has 0 aromatic heterocycles. The molecule has 0 fully saturated rings. The zero-order valence-corrected chi connectivity index (χ0v) is 17.3. The van der Waals surface area contributed by atoms with Gasteiger partial charge >= 0.3 is 0 Å². The minimum absolute atomic E-state index is 0.0190. The van der Waals surface area contributed by atoms with Gasteiger partial charge in [0.2, 0.25) is 0 Å². The fourth-order valence-corrected chi connectivity index (χ4v) is 2.89. The van der Waals surface area contributed by atoms with Crippen molar-refractivity contribution < 1.29 is 14.5 Å². The molecule has 1 N–H and O–H groups in total. The first-order chi connectivity index (χ1) is 15.2. The molecule has 3 rings (SSSR count). The summed E-state index contributed by atoms with van der Waals surface area (Å²) in [6.07, 6.45) is 0. The zero-order valence-electron chi connectivity index (χ0n) is 17.3. The Bertz CT molecular complexity index is 1290. The lowest BCUT2D eigenvalue weighted by Gasteiger charge is -2.16. The number of non-ortho nitro benzene ring substituents is 1. The summed E-state index contributed by atoms with van der Waals surface area (Å²) in [4.78, 5) is 23.0. The van der Waals surface area contributed by atoms with E-state index < -0.39 is 10.3 Å². The van der Waals surface area contributed by atoms with Crippen LogP contribution in [0, 0.1) is 32.8 Å². The number of amides is 1. The van der Waals surface area contributed by atoms with Gasteiger partial charge in [-0.3, -0.25) is 14.9 Å². The smallest absolute Gasteiger partial charge is 0.271 e. The van der Waals surface area contributed by atoms with Crippen LogP contribution in [0.3, 0.4) is 0 Å². The van der Waals surface area contributed by atoms with Crippen LogP contribution in [-0.2, 0) is 5.41 Å². The first-order valence-corrected chi connectivity index (χ1v) is 9.53. The minimum atomic E-state index is -0.729. The normalized spacial score (nSPS) is 10.5. The Morgan fingerprint density at radius 3 is 2.50 bits per heavy atom. The van der Waals surface area contributed by atoms with Crippen LogP contribution in [0.2, 0.25) is 0 Å². The molecule has 3 aromatic rings. The van der Waals surface area contributed by atoms with Gasteiger partial charge in [0, 0.05) is 29.4 Å². The van der Waals surface area contributed by atoms with Gasteiger partial charge in [-0.2, -0.15) is 10.5 Å². The third kappa shape index (κ3) is 4.89. The molecule has 0 spiro atoms. The van der Waals surface area contributed by atoms with E-state index in [1.54, 1.807) is 62.4 Å². The molecular weight excluding hydrogens is 408 g/mol. The van der Waals surface area contributed by atoms with Crippen molar-refractivity contribution in [1.29, 1.82) is 10.5 Å². The summed E-state index contributed by atoms with van der Waals surface area (Å²) in [6, 6.07) is 21.2. The van der Waals surface area contributed by atoms with E-state index in [1.165, 1.54) is 12.1 Å². The third-order valence-corrected chi connectivity index (χ3v) is 4.74. The second-order valence-corrected chi connectivity index (χ2v) is 7.45. The minimum Gasteiger partial charge on any atom is -0.456 e. The molecule has 8 heteroatoms. The number of carbonyl (C=O) groups excluding carboxylic acids is 1. The largest absolute Gasteiger partial charge is 0.456 e. The SMILES string of the molecule is CC(C)(C#N)c1cccc(C(=O)Nc2cccc(Oc3ccc([N+](=O)[O-])cc3C#N)c2)c1. The van der Waals surface area contributed by atoms with Crippen LogP contribution >= 0.6 is 0 Å². The molecule has 0 saturated carbocycles. The number of anilines is 1. The van der Waals surface area contributed by atoms with Gasteiger partial charge in [-0.15, -0.1) is 0 Å². The van der Waals surface area contributed by atoms with Crippen LogP contribution < -0.4 is 10.1 Å². The van der Waals surface area contributed by atoms with Crippen molar-refractivity contribution in [3.05, 3.63) is 93.5 Å². The Hall–Kier alpha value is -4.69. The number of hydrogen-bond donors (Lipinski definition) is 1. The van der Waals surface area contributed by atoms with Crippen molar-refractivity contribution >= 4 is 17.3 Å². The van der Waals surface area contributed by atoms with E-state index in [0.29, 0.717) is 17.0 Å². The average Bonchev–Trinajstić information content (AvgIpc) is 2.79. The van der Waals surface area contributed by atoms with E-state index in [9.17, 15) is 25.4 Å². The molecule has 8 nitrogen and oxygen atoms in total. The zero-order chi connectivity index (χ0) is 23.3. The van der Waals surface area contributed by atoms with Crippen molar-refractivity contribution in [2.24, 2.45) is 0 Å². The lowest BCUT2D eigenvalue weighted by atomic mass is 9.85. The highest BCUT2D eigenvalue weighted by Gasteiger charge is 2.21. The van der Waals surface area contributed by atoms with Gasteiger partial charge < -0.3 is 10.1 Å². The summed E-state index contributed by atoms with van der Waals surface area (Å²) in [5.74, 6) is 0.145. The Balaban J connectivity index is 1.80. The fraction of sp³-hybridized carbons (Fsp3) is 0.125. The van der Waals surface area contributed by atoms with E-state index in [-0.39, 0.29) is 22.9 Å². The molecule has 1 amide bonds. The monoisotopic (exact) mass is 426 g/mol. The second-order valence-electron chi connectivity index (χ2n) is 7.45. The number of rotatable bonds is 6. The Morgan fingerprint density at radius 2 is 1.81 bits per heavy atom. The summed E-state index contributed by atoms with van der Waals surface area (Å²) < 4.78 is 5.71. The molecule has 0 atom stereocenters. The Labute approximate surface area is 184 Å². The quantitative estimate of drug-likeness (QED) is 0.420. The molecule has 0 heterocycles. The second kappa shape index (κ2) is 8.99. The van der Waals surface area contributed by atoms with Crippen LogP contribution in [0.15, 0.2) is 66.7 Å². The number of nitro groups is 1. The van der Waals surface area contributed by atoms with Gasteiger partial charge in [0.25, 0.3) is 11.6 Å². The van der Waals surface area contributed by atoms with Gasteiger partial charge in [0.1, 0.15) is 23.1 Å². The number of ether oxygens (including phenoxy) is 1. The van der Waals surface area contributed by atoms with Gasteiger partial charge in [-0.05, 0) is 49.7 Å². The van der Waals surface area contributed by atoms with Crippen molar-refractivity contribution in [1.82, 2.24) is 0 Å². The summed E-state index contributed by atoms with van der Waals surface area (Å²) in [6.45, 7) is 3.55. The van der Waals surface area contributed by atoms with Gasteiger partial charge in [-0.25, -0.2) is 0 Å². The predicted octanol–water partition coefficient (Wildman–Crippen LogP) is 5.31. The predicted molar refractivity (Wildman–Crippen MR) is 117 cm³/mol. The van der Waals surface area contributed by atoms with Gasteiger partial charge in [0.15, 0.2) is 0 Å². The first kappa shape index (κ1) is 22.0. The van der Waals surface area contributed by atoms with Crippen molar-refractivity contribution in [3.8, 4) is 23.6 Å². The maximum absolute atomic E-state index is 12.7. The highest BCUT2D eigenvalue weighted by atomic mass is 16.6. The lowest BCUT2D eigenvalue weighted by Crippen LogP contribution is -2.17. The van der Waals surface area contributed by atoms with E-state index in [1.807, 2.05) is 6.07 Å². The number of nitrogens with zero attached hydrogens (tertiary/aromatic N) is 3. The number of nitriles is 2. The molecule has 0 aliphatic carbocycles. The number of benzene rings is 3. The Kier molecular flexibility index (Phi) is 6.18. The third-order valence-electron chi connectivity index (χ3n) is 4.74. The van der Waals surface area contributed by atoms with Crippen molar-refractivity contribution in [3.63, 3.8) is 0 Å². The number of nitrogens with one attached hydrogen (secondary N) is 1. The molecule has 0 unspecified atom stereocenters. The van der Waals surface area contributed by atoms with E-state index >= 15 is 0 Å². The molecule has 158 valence electrons. The highest BCUT2D eigenvalue weighted by Crippen LogP contribution is 2.30. The standard InChI is InChI=1S/C24H18N4O4/c1-24(2,15-26)18-6-3-5-16(11-18)23(29)27-19-7-4-8-21(13-19)32-22-10-9-20(28(30)31)12-17(22)14-25/h3-13H,1-2H3,(H,27,29). The first-order valence-electron chi connectivity index (χ1n) is 9.53. The van der Waals surface area contributed by atoms with Crippen LogP contribution in [0.5, 0.6) is 11.5 Å². The summed E-state index contributed by atoms with van der Waals surface area (Å²) in [5, 5.41) is 32.3. The summed E-state index contributed by atoms with van der Waals surface area (Å²) in [5.41, 5.74) is 0.666. The number of nitro benzene ring substituents is 1. The van der Waals surface area contributed by atoms with E-state index in [0.717, 1.165) is 11.6 Å². The fourth-order valence-electron chi connectivity index (χ4n) is 2.89. The lowest BCUT2D eigenvalue weighted by molar-refractivity contribution is -0.384. The molecule has 3 aromatic carbocycles. The topological polar surface area (TPSA) is 129 Å². The molecule has 0 saturated heterocycles.